The lowest BCUT2D eigenvalue weighted by Gasteiger charge is -2.34. The summed E-state index contributed by atoms with van der Waals surface area (Å²) in [5.41, 5.74) is 4.61. The molecule has 100 valence electrons. The second-order valence-electron chi connectivity index (χ2n) is 5.26. The van der Waals surface area contributed by atoms with Gasteiger partial charge in [-0.3, -0.25) is 9.69 Å². The maximum atomic E-state index is 11.1. The van der Waals surface area contributed by atoms with Crippen molar-refractivity contribution in [3.05, 3.63) is 0 Å². The average molecular weight is 244 g/mol. The van der Waals surface area contributed by atoms with E-state index in [4.69, 9.17) is 15.6 Å². The number of aliphatic carboxylic acids is 1. The molecular weight excluding hydrogens is 220 g/mol. The van der Waals surface area contributed by atoms with Gasteiger partial charge in [-0.15, -0.1) is 0 Å². The monoisotopic (exact) mass is 244 g/mol. The molecule has 17 heavy (non-hydrogen) atoms. The van der Waals surface area contributed by atoms with Crippen LogP contribution in [0.25, 0.3) is 0 Å². The summed E-state index contributed by atoms with van der Waals surface area (Å²) in [4.78, 5) is 13.2. The van der Waals surface area contributed by atoms with Gasteiger partial charge >= 0.3 is 5.97 Å². The highest BCUT2D eigenvalue weighted by molar-refractivity contribution is 5.78. The maximum absolute atomic E-state index is 11.1. The fourth-order valence-corrected chi connectivity index (χ4v) is 2.00. The minimum atomic E-state index is -1.20. The van der Waals surface area contributed by atoms with Gasteiger partial charge in [-0.25, -0.2) is 0 Å². The summed E-state index contributed by atoms with van der Waals surface area (Å²) in [7, 11) is 1.65. The molecular formula is C12H24N2O3. The number of carboxylic acid groups (broad SMARTS) is 1. The Hall–Kier alpha value is -0.650. The predicted octanol–water partition coefficient (Wildman–Crippen LogP) is 0.535. The molecule has 2 atom stereocenters. The Kier molecular flexibility index (Phi) is 4.91. The summed E-state index contributed by atoms with van der Waals surface area (Å²) in [5.74, 6) is -0.264. The molecule has 5 heteroatoms. The summed E-state index contributed by atoms with van der Waals surface area (Å²) in [6.45, 7) is 5.41. The number of carbonyl (C=O) groups is 1. The number of nitrogens with zero attached hydrogens (tertiary/aromatic N) is 1. The molecule has 0 spiro atoms. The number of ether oxygens (including phenoxy) is 1. The van der Waals surface area contributed by atoms with Crippen molar-refractivity contribution in [2.75, 3.05) is 26.8 Å². The normalized spacial score (nSPS) is 21.2. The highest BCUT2D eigenvalue weighted by Gasteiger charge is 2.37. The summed E-state index contributed by atoms with van der Waals surface area (Å²) in [6, 6.07) is 0.382. The van der Waals surface area contributed by atoms with Crippen LogP contribution in [0.1, 0.15) is 26.7 Å². The van der Waals surface area contributed by atoms with E-state index in [-0.39, 0.29) is 0 Å². The Morgan fingerprint density at radius 3 is 2.65 bits per heavy atom. The van der Waals surface area contributed by atoms with Crippen molar-refractivity contribution in [3.63, 3.8) is 0 Å². The Morgan fingerprint density at radius 2 is 2.24 bits per heavy atom. The zero-order valence-corrected chi connectivity index (χ0v) is 11.0. The van der Waals surface area contributed by atoms with Crippen LogP contribution in [0.2, 0.25) is 0 Å². The lowest BCUT2D eigenvalue weighted by atomic mass is 10.0. The molecule has 0 amide bonds. The Bertz CT molecular complexity index is 264. The molecule has 5 nitrogen and oxygen atoms in total. The fraction of sp³-hybridized carbons (Fsp3) is 0.917. The van der Waals surface area contributed by atoms with Crippen LogP contribution in [0.5, 0.6) is 0 Å². The summed E-state index contributed by atoms with van der Waals surface area (Å²) >= 11 is 0. The highest BCUT2D eigenvalue weighted by Crippen LogP contribution is 2.35. The molecule has 0 heterocycles. The molecule has 1 saturated carbocycles. The third-order valence-corrected chi connectivity index (χ3v) is 3.48. The van der Waals surface area contributed by atoms with Gasteiger partial charge in [0.1, 0.15) is 5.54 Å². The SMILES string of the molecule is COCCN(CC(C)(N)C(=O)O)C(C)C1CC1. The van der Waals surface area contributed by atoms with Crippen LogP contribution in [0.15, 0.2) is 0 Å². The van der Waals surface area contributed by atoms with Gasteiger partial charge in [0.25, 0.3) is 0 Å². The van der Waals surface area contributed by atoms with Crippen LogP contribution < -0.4 is 5.73 Å². The van der Waals surface area contributed by atoms with E-state index in [9.17, 15) is 4.79 Å². The largest absolute Gasteiger partial charge is 0.480 e. The van der Waals surface area contributed by atoms with Crippen molar-refractivity contribution < 1.29 is 14.6 Å². The third-order valence-electron chi connectivity index (χ3n) is 3.48. The topological polar surface area (TPSA) is 75.8 Å². The van der Waals surface area contributed by atoms with Crippen molar-refractivity contribution in [3.8, 4) is 0 Å². The molecule has 1 rings (SSSR count). The number of hydrogen-bond acceptors (Lipinski definition) is 4. The van der Waals surface area contributed by atoms with Crippen LogP contribution in [-0.2, 0) is 9.53 Å². The number of methoxy groups -OCH3 is 1. The Labute approximate surface area is 103 Å². The number of nitrogens with two attached hydrogens (primary N) is 1. The summed E-state index contributed by atoms with van der Waals surface area (Å²) in [5, 5.41) is 9.07. The Balaban J connectivity index is 2.58. The van der Waals surface area contributed by atoms with Crippen molar-refractivity contribution >= 4 is 5.97 Å². The van der Waals surface area contributed by atoms with Gasteiger partial charge in [-0.05, 0) is 32.6 Å². The minimum absolute atomic E-state index is 0.364. The molecule has 0 aliphatic heterocycles. The van der Waals surface area contributed by atoms with Crippen molar-refractivity contribution in [1.82, 2.24) is 4.90 Å². The first-order valence-corrected chi connectivity index (χ1v) is 6.13. The molecule has 0 aromatic rings. The second kappa shape index (κ2) is 5.80. The first-order chi connectivity index (χ1) is 7.88. The van der Waals surface area contributed by atoms with E-state index in [2.05, 4.69) is 11.8 Å². The molecule has 0 aromatic heterocycles. The van der Waals surface area contributed by atoms with Crippen molar-refractivity contribution in [2.24, 2.45) is 11.7 Å². The molecule has 1 fully saturated rings. The second-order valence-corrected chi connectivity index (χ2v) is 5.26. The molecule has 1 aliphatic carbocycles. The van der Waals surface area contributed by atoms with Crippen LogP contribution in [0.3, 0.4) is 0 Å². The van der Waals surface area contributed by atoms with E-state index in [1.165, 1.54) is 12.8 Å². The van der Waals surface area contributed by atoms with E-state index in [1.807, 2.05) is 0 Å². The molecule has 0 bridgehead atoms. The Morgan fingerprint density at radius 1 is 1.65 bits per heavy atom. The zero-order valence-electron chi connectivity index (χ0n) is 11.0. The lowest BCUT2D eigenvalue weighted by molar-refractivity contribution is -0.143. The number of carboxylic acids is 1. The van der Waals surface area contributed by atoms with E-state index in [0.29, 0.717) is 25.1 Å². The lowest BCUT2D eigenvalue weighted by Crippen LogP contribution is -2.56. The molecule has 1 aliphatic rings. The maximum Gasteiger partial charge on any atom is 0.324 e. The smallest absolute Gasteiger partial charge is 0.324 e. The average Bonchev–Trinajstić information content (AvgIpc) is 3.06. The van der Waals surface area contributed by atoms with Gasteiger partial charge in [-0.2, -0.15) is 0 Å². The van der Waals surface area contributed by atoms with Gasteiger partial charge in [0.15, 0.2) is 0 Å². The summed E-state index contributed by atoms with van der Waals surface area (Å²) in [6.07, 6.45) is 2.47. The van der Waals surface area contributed by atoms with Crippen LogP contribution in [0.4, 0.5) is 0 Å². The third kappa shape index (κ3) is 4.26. The first-order valence-electron chi connectivity index (χ1n) is 6.13. The first kappa shape index (κ1) is 14.4. The van der Waals surface area contributed by atoms with Crippen LogP contribution >= 0.6 is 0 Å². The van der Waals surface area contributed by atoms with Crippen LogP contribution in [0, 0.1) is 5.92 Å². The minimum Gasteiger partial charge on any atom is -0.480 e. The van der Waals surface area contributed by atoms with Gasteiger partial charge in [0.2, 0.25) is 0 Å². The molecule has 0 saturated heterocycles. The van der Waals surface area contributed by atoms with E-state index >= 15 is 0 Å². The highest BCUT2D eigenvalue weighted by atomic mass is 16.5. The van der Waals surface area contributed by atoms with Gasteiger partial charge in [0.05, 0.1) is 6.61 Å². The molecule has 0 aromatic carbocycles. The van der Waals surface area contributed by atoms with Gasteiger partial charge in [-0.1, -0.05) is 0 Å². The quantitative estimate of drug-likeness (QED) is 0.651. The van der Waals surface area contributed by atoms with E-state index in [0.717, 1.165) is 6.54 Å². The van der Waals surface area contributed by atoms with Gasteiger partial charge in [0, 0.05) is 26.2 Å². The van der Waals surface area contributed by atoms with Crippen molar-refractivity contribution in [2.45, 2.75) is 38.3 Å². The molecule has 0 radical (unpaired) electrons. The molecule has 3 N–H and O–H groups in total. The number of hydrogen-bond donors (Lipinski definition) is 2. The van der Waals surface area contributed by atoms with Crippen LogP contribution in [-0.4, -0.2) is 54.4 Å². The number of rotatable bonds is 8. The van der Waals surface area contributed by atoms with E-state index in [1.54, 1.807) is 14.0 Å². The summed E-state index contributed by atoms with van der Waals surface area (Å²) < 4.78 is 5.07. The van der Waals surface area contributed by atoms with E-state index < -0.39 is 11.5 Å². The van der Waals surface area contributed by atoms with Gasteiger partial charge < -0.3 is 15.6 Å². The molecule has 2 unspecified atom stereocenters. The van der Waals surface area contributed by atoms with Crippen molar-refractivity contribution in [1.29, 1.82) is 0 Å². The predicted molar refractivity (Wildman–Crippen MR) is 65.9 cm³/mol. The zero-order chi connectivity index (χ0) is 13.1. The standard InChI is InChI=1S/C12H24N2O3/c1-9(10-4-5-10)14(6-7-17-3)8-12(2,13)11(15)16/h9-10H,4-8,13H2,1-3H3,(H,15,16). The fourth-order valence-electron chi connectivity index (χ4n) is 2.00.